The highest BCUT2D eigenvalue weighted by Gasteiger charge is 2.24. The van der Waals surface area contributed by atoms with Gasteiger partial charge in [-0.25, -0.2) is 4.79 Å². The summed E-state index contributed by atoms with van der Waals surface area (Å²) in [7, 11) is 0. The van der Waals surface area contributed by atoms with Gasteiger partial charge in [0.2, 0.25) is 0 Å². The molecule has 1 fully saturated rings. The number of likely N-dealkylation sites (tertiary alicyclic amines) is 1. The molecule has 0 spiro atoms. The van der Waals surface area contributed by atoms with Gasteiger partial charge < -0.3 is 10.2 Å². The van der Waals surface area contributed by atoms with E-state index in [4.69, 9.17) is 5.11 Å². The van der Waals surface area contributed by atoms with E-state index in [2.05, 4.69) is 9.88 Å². The van der Waals surface area contributed by atoms with Crippen LogP contribution >= 0.6 is 0 Å². The summed E-state index contributed by atoms with van der Waals surface area (Å²) in [5.74, 6) is -0.936. The third-order valence-electron chi connectivity index (χ3n) is 3.14. The molecular formula is C12H16N2O3. The number of aliphatic hydroxyl groups excluding tert-OH is 1. The summed E-state index contributed by atoms with van der Waals surface area (Å²) in [4.78, 5) is 17.1. The van der Waals surface area contributed by atoms with E-state index in [-0.39, 0.29) is 18.2 Å². The number of rotatable bonds is 4. The van der Waals surface area contributed by atoms with Gasteiger partial charge in [0.05, 0.1) is 17.9 Å². The lowest BCUT2D eigenvalue weighted by Crippen LogP contribution is -2.31. The summed E-state index contributed by atoms with van der Waals surface area (Å²) in [6.45, 7) is 1.69. The molecule has 1 aromatic rings. The fourth-order valence-corrected chi connectivity index (χ4v) is 2.22. The van der Waals surface area contributed by atoms with E-state index in [0.717, 1.165) is 25.1 Å². The van der Waals surface area contributed by atoms with Crippen molar-refractivity contribution in [2.75, 3.05) is 13.2 Å². The molecule has 1 aliphatic heterocycles. The van der Waals surface area contributed by atoms with Crippen molar-refractivity contribution in [3.05, 3.63) is 29.6 Å². The molecule has 0 bridgehead atoms. The van der Waals surface area contributed by atoms with E-state index in [1.54, 1.807) is 6.07 Å². The molecule has 1 aliphatic rings. The van der Waals surface area contributed by atoms with Crippen LogP contribution in [0.3, 0.4) is 0 Å². The van der Waals surface area contributed by atoms with Gasteiger partial charge in [-0.15, -0.1) is 0 Å². The van der Waals surface area contributed by atoms with Crippen molar-refractivity contribution < 1.29 is 15.0 Å². The molecule has 2 N–H and O–H groups in total. The van der Waals surface area contributed by atoms with Gasteiger partial charge in [0, 0.05) is 18.8 Å². The van der Waals surface area contributed by atoms with Gasteiger partial charge in [-0.1, -0.05) is 0 Å². The van der Waals surface area contributed by atoms with Crippen molar-refractivity contribution in [3.8, 4) is 0 Å². The largest absolute Gasteiger partial charge is 0.478 e. The predicted octanol–water partition coefficient (Wildman–Crippen LogP) is 0.736. The maximum absolute atomic E-state index is 10.8. The van der Waals surface area contributed by atoms with Crippen LogP contribution in [0.2, 0.25) is 0 Å². The molecule has 0 unspecified atom stereocenters. The fourth-order valence-electron chi connectivity index (χ4n) is 2.22. The lowest BCUT2D eigenvalue weighted by atomic mass is 10.2. The Morgan fingerprint density at radius 2 is 2.41 bits per heavy atom. The SMILES string of the molecule is O=C(O)c1ccnc(CN2CCC[C@H]2CO)c1. The summed E-state index contributed by atoms with van der Waals surface area (Å²) in [5.41, 5.74) is 1.000. The van der Waals surface area contributed by atoms with Crippen LogP contribution in [-0.2, 0) is 6.54 Å². The van der Waals surface area contributed by atoms with Crippen LogP contribution in [-0.4, -0.2) is 45.3 Å². The quantitative estimate of drug-likeness (QED) is 0.806. The summed E-state index contributed by atoms with van der Waals surface area (Å²) >= 11 is 0. The summed E-state index contributed by atoms with van der Waals surface area (Å²) in [6, 6.07) is 3.26. The van der Waals surface area contributed by atoms with Gasteiger partial charge >= 0.3 is 5.97 Å². The molecule has 92 valence electrons. The normalized spacial score (nSPS) is 20.6. The zero-order valence-electron chi connectivity index (χ0n) is 9.54. The molecule has 1 aromatic heterocycles. The molecule has 2 rings (SSSR count). The molecule has 0 saturated carbocycles. The van der Waals surface area contributed by atoms with Gasteiger partial charge in [0.1, 0.15) is 0 Å². The molecule has 17 heavy (non-hydrogen) atoms. The molecule has 0 aromatic carbocycles. The van der Waals surface area contributed by atoms with Crippen LogP contribution in [0.25, 0.3) is 0 Å². The van der Waals surface area contributed by atoms with Crippen LogP contribution in [0.5, 0.6) is 0 Å². The minimum atomic E-state index is -0.936. The lowest BCUT2D eigenvalue weighted by Gasteiger charge is -2.22. The minimum Gasteiger partial charge on any atom is -0.478 e. The van der Waals surface area contributed by atoms with Crippen molar-refractivity contribution in [2.45, 2.75) is 25.4 Å². The summed E-state index contributed by atoms with van der Waals surface area (Å²) < 4.78 is 0. The number of nitrogens with zero attached hydrogens (tertiary/aromatic N) is 2. The van der Waals surface area contributed by atoms with Crippen molar-refractivity contribution in [2.24, 2.45) is 0 Å². The second-order valence-corrected chi connectivity index (χ2v) is 4.29. The van der Waals surface area contributed by atoms with Gasteiger partial charge in [0.25, 0.3) is 0 Å². The van der Waals surface area contributed by atoms with Crippen LogP contribution in [0.1, 0.15) is 28.9 Å². The first-order valence-corrected chi connectivity index (χ1v) is 5.74. The number of aliphatic hydroxyl groups is 1. The summed E-state index contributed by atoms with van der Waals surface area (Å²) in [6.07, 6.45) is 3.59. The third-order valence-corrected chi connectivity index (χ3v) is 3.14. The van der Waals surface area contributed by atoms with Gasteiger partial charge in [-0.3, -0.25) is 9.88 Å². The Labute approximate surface area is 99.7 Å². The lowest BCUT2D eigenvalue weighted by molar-refractivity contribution is 0.0696. The second kappa shape index (κ2) is 5.25. The van der Waals surface area contributed by atoms with Crippen molar-refractivity contribution in [1.29, 1.82) is 0 Å². The number of hydrogen-bond donors (Lipinski definition) is 2. The Kier molecular flexibility index (Phi) is 3.71. The molecule has 0 amide bonds. The van der Waals surface area contributed by atoms with E-state index >= 15 is 0 Å². The van der Waals surface area contributed by atoms with E-state index in [0.29, 0.717) is 6.54 Å². The number of carboxylic acids is 1. The van der Waals surface area contributed by atoms with Gasteiger partial charge in [-0.05, 0) is 31.5 Å². The number of aromatic nitrogens is 1. The maximum Gasteiger partial charge on any atom is 0.335 e. The van der Waals surface area contributed by atoms with Crippen LogP contribution in [0.4, 0.5) is 0 Å². The summed E-state index contributed by atoms with van der Waals surface area (Å²) in [5, 5.41) is 18.1. The standard InChI is InChI=1S/C12H16N2O3/c15-8-11-2-1-5-14(11)7-10-6-9(12(16)17)3-4-13-10/h3-4,6,11,15H,1-2,5,7-8H2,(H,16,17)/t11-/m0/s1. The Bertz CT molecular complexity index is 408. The minimum absolute atomic E-state index is 0.151. The van der Waals surface area contributed by atoms with Crippen LogP contribution in [0, 0.1) is 0 Å². The average Bonchev–Trinajstić information content (AvgIpc) is 2.76. The van der Waals surface area contributed by atoms with E-state index in [1.807, 2.05) is 0 Å². The number of hydrogen-bond acceptors (Lipinski definition) is 4. The Balaban J connectivity index is 2.07. The molecule has 0 aliphatic carbocycles. The maximum atomic E-state index is 10.8. The second-order valence-electron chi connectivity index (χ2n) is 4.29. The van der Waals surface area contributed by atoms with Crippen molar-refractivity contribution >= 4 is 5.97 Å². The molecule has 2 heterocycles. The molecule has 1 atom stereocenters. The van der Waals surface area contributed by atoms with E-state index < -0.39 is 5.97 Å². The Morgan fingerprint density at radius 1 is 1.59 bits per heavy atom. The van der Waals surface area contributed by atoms with E-state index in [1.165, 1.54) is 12.3 Å². The molecule has 5 heteroatoms. The average molecular weight is 236 g/mol. The highest BCUT2D eigenvalue weighted by Crippen LogP contribution is 2.19. The van der Waals surface area contributed by atoms with Crippen LogP contribution < -0.4 is 0 Å². The number of aromatic carboxylic acids is 1. The zero-order chi connectivity index (χ0) is 12.3. The first kappa shape index (κ1) is 12.0. The molecule has 1 saturated heterocycles. The smallest absolute Gasteiger partial charge is 0.335 e. The fraction of sp³-hybridized carbons (Fsp3) is 0.500. The zero-order valence-corrected chi connectivity index (χ0v) is 9.54. The highest BCUT2D eigenvalue weighted by molar-refractivity contribution is 5.87. The third kappa shape index (κ3) is 2.81. The van der Waals surface area contributed by atoms with Crippen LogP contribution in [0.15, 0.2) is 18.3 Å². The first-order chi connectivity index (χ1) is 8.20. The van der Waals surface area contributed by atoms with Crippen molar-refractivity contribution in [3.63, 3.8) is 0 Å². The number of carbonyl (C=O) groups is 1. The van der Waals surface area contributed by atoms with Crippen molar-refractivity contribution in [1.82, 2.24) is 9.88 Å². The highest BCUT2D eigenvalue weighted by atomic mass is 16.4. The topological polar surface area (TPSA) is 73.7 Å². The van der Waals surface area contributed by atoms with Gasteiger partial charge in [0.15, 0.2) is 0 Å². The number of carboxylic acid groups (broad SMARTS) is 1. The Hall–Kier alpha value is -1.46. The predicted molar refractivity (Wildman–Crippen MR) is 61.7 cm³/mol. The molecular weight excluding hydrogens is 220 g/mol. The number of pyridine rings is 1. The Morgan fingerprint density at radius 3 is 3.12 bits per heavy atom. The van der Waals surface area contributed by atoms with E-state index in [9.17, 15) is 9.90 Å². The first-order valence-electron chi connectivity index (χ1n) is 5.74. The molecule has 0 radical (unpaired) electrons. The monoisotopic (exact) mass is 236 g/mol. The molecule has 5 nitrogen and oxygen atoms in total. The van der Waals surface area contributed by atoms with Gasteiger partial charge in [-0.2, -0.15) is 0 Å².